The quantitative estimate of drug-likeness (QED) is 0.553. The maximum absolute atomic E-state index is 10.7. The highest BCUT2D eigenvalue weighted by molar-refractivity contribution is 5.73. The second-order valence-electron chi connectivity index (χ2n) is 3.74. The van der Waals surface area contributed by atoms with Crippen LogP contribution in [0.3, 0.4) is 0 Å². The van der Waals surface area contributed by atoms with E-state index in [1.807, 2.05) is 0 Å². The lowest BCUT2D eigenvalue weighted by Crippen LogP contribution is -2.46. The Labute approximate surface area is 78.0 Å². The molecule has 3 N–H and O–H groups in total. The average Bonchev–Trinajstić information content (AvgIpc) is 2.08. The van der Waals surface area contributed by atoms with E-state index in [1.165, 1.54) is 6.92 Å². The highest BCUT2D eigenvalue weighted by Crippen LogP contribution is 2.24. The van der Waals surface area contributed by atoms with Crippen molar-refractivity contribution in [3.63, 3.8) is 0 Å². The van der Waals surface area contributed by atoms with Crippen LogP contribution in [0, 0.1) is 5.92 Å². The van der Waals surface area contributed by atoms with Gasteiger partial charge in [0.05, 0.1) is 12.1 Å². The summed E-state index contributed by atoms with van der Waals surface area (Å²) < 4.78 is 0. The lowest BCUT2D eigenvalue weighted by atomic mass is 9.84. The summed E-state index contributed by atoms with van der Waals surface area (Å²) in [6.45, 7) is 1.58. The van der Waals surface area contributed by atoms with E-state index in [1.54, 1.807) is 0 Å². The van der Waals surface area contributed by atoms with Crippen molar-refractivity contribution in [3.8, 4) is 0 Å². The van der Waals surface area contributed by atoms with Gasteiger partial charge in [-0.15, -0.1) is 0 Å². The highest BCUT2D eigenvalue weighted by atomic mass is 16.3. The molecule has 0 aliphatic heterocycles. The van der Waals surface area contributed by atoms with Gasteiger partial charge >= 0.3 is 0 Å². The summed E-state index contributed by atoms with van der Waals surface area (Å²) in [4.78, 5) is 10.7. The van der Waals surface area contributed by atoms with Gasteiger partial charge in [-0.2, -0.15) is 0 Å². The van der Waals surface area contributed by atoms with Gasteiger partial charge in [0.15, 0.2) is 0 Å². The molecule has 0 heterocycles. The number of hydrogen-bond acceptors (Lipinski definition) is 3. The summed E-state index contributed by atoms with van der Waals surface area (Å²) in [7, 11) is 0. The first kappa shape index (κ1) is 10.5. The Balaban J connectivity index is 2.39. The van der Waals surface area contributed by atoms with Crippen LogP contribution >= 0.6 is 0 Å². The van der Waals surface area contributed by atoms with Crippen LogP contribution in [0.1, 0.15) is 26.2 Å². The number of aliphatic hydroxyl groups excluding tert-OH is 2. The molecule has 0 aromatic rings. The number of amides is 1. The van der Waals surface area contributed by atoms with Crippen LogP contribution in [0.15, 0.2) is 0 Å². The van der Waals surface area contributed by atoms with Crippen molar-refractivity contribution in [1.29, 1.82) is 0 Å². The average molecular weight is 187 g/mol. The van der Waals surface area contributed by atoms with Crippen molar-refractivity contribution in [2.75, 3.05) is 6.61 Å². The fourth-order valence-corrected chi connectivity index (χ4v) is 1.83. The summed E-state index contributed by atoms with van der Waals surface area (Å²) in [5, 5.41) is 21.2. The molecule has 1 rings (SSSR count). The first-order chi connectivity index (χ1) is 6.13. The monoisotopic (exact) mass is 187 g/mol. The minimum absolute atomic E-state index is 0.105. The Bertz CT molecular complexity index is 184. The Hall–Kier alpha value is -0.610. The van der Waals surface area contributed by atoms with Gasteiger partial charge in [-0.05, 0) is 25.2 Å². The van der Waals surface area contributed by atoms with Crippen LogP contribution in [-0.2, 0) is 4.79 Å². The van der Waals surface area contributed by atoms with E-state index in [9.17, 15) is 9.90 Å². The van der Waals surface area contributed by atoms with E-state index in [0.717, 1.165) is 12.8 Å². The molecule has 13 heavy (non-hydrogen) atoms. The third-order valence-corrected chi connectivity index (χ3v) is 2.57. The predicted octanol–water partition coefficient (Wildman–Crippen LogP) is -0.356. The third kappa shape index (κ3) is 2.97. The zero-order valence-corrected chi connectivity index (χ0v) is 7.86. The molecule has 1 saturated carbocycles. The molecule has 0 aromatic heterocycles. The summed E-state index contributed by atoms with van der Waals surface area (Å²) in [6.07, 6.45) is 1.71. The van der Waals surface area contributed by atoms with Gasteiger partial charge < -0.3 is 15.5 Å². The van der Waals surface area contributed by atoms with Gasteiger partial charge in [0.2, 0.25) is 5.91 Å². The molecular formula is C9H17NO3. The Morgan fingerprint density at radius 3 is 2.69 bits per heavy atom. The molecule has 1 fully saturated rings. The molecule has 1 amide bonds. The first-order valence-electron chi connectivity index (χ1n) is 4.69. The minimum atomic E-state index is -0.505. The summed E-state index contributed by atoms with van der Waals surface area (Å²) >= 11 is 0. The molecule has 1 aliphatic rings. The smallest absolute Gasteiger partial charge is 0.217 e. The molecule has 3 atom stereocenters. The van der Waals surface area contributed by atoms with E-state index >= 15 is 0 Å². The van der Waals surface area contributed by atoms with E-state index in [2.05, 4.69) is 5.32 Å². The maximum atomic E-state index is 10.7. The molecule has 1 aliphatic carbocycles. The largest absolute Gasteiger partial charge is 0.396 e. The molecule has 0 spiro atoms. The highest BCUT2D eigenvalue weighted by Gasteiger charge is 2.28. The molecule has 0 saturated heterocycles. The van der Waals surface area contributed by atoms with Crippen LogP contribution in [0.25, 0.3) is 0 Å². The van der Waals surface area contributed by atoms with Crippen LogP contribution in [0.5, 0.6) is 0 Å². The van der Waals surface area contributed by atoms with Gasteiger partial charge in [0.1, 0.15) is 0 Å². The van der Waals surface area contributed by atoms with Gasteiger partial charge in [-0.3, -0.25) is 4.79 Å². The fourth-order valence-electron chi connectivity index (χ4n) is 1.83. The number of hydrogen-bond donors (Lipinski definition) is 3. The van der Waals surface area contributed by atoms with Gasteiger partial charge in [0.25, 0.3) is 0 Å². The zero-order valence-electron chi connectivity index (χ0n) is 7.86. The van der Waals surface area contributed by atoms with Crippen molar-refractivity contribution in [2.24, 2.45) is 5.92 Å². The van der Waals surface area contributed by atoms with Gasteiger partial charge in [0, 0.05) is 13.5 Å². The van der Waals surface area contributed by atoms with Crippen LogP contribution in [-0.4, -0.2) is 34.9 Å². The Kier molecular flexibility index (Phi) is 3.69. The van der Waals surface area contributed by atoms with Crippen molar-refractivity contribution in [3.05, 3.63) is 0 Å². The maximum Gasteiger partial charge on any atom is 0.217 e. The molecular weight excluding hydrogens is 170 g/mol. The van der Waals surface area contributed by atoms with Gasteiger partial charge in [-0.25, -0.2) is 0 Å². The number of rotatable bonds is 2. The molecule has 3 unspecified atom stereocenters. The number of aliphatic hydroxyl groups is 2. The van der Waals surface area contributed by atoms with Gasteiger partial charge in [-0.1, -0.05) is 0 Å². The zero-order chi connectivity index (χ0) is 9.84. The Morgan fingerprint density at radius 1 is 1.54 bits per heavy atom. The van der Waals surface area contributed by atoms with Crippen molar-refractivity contribution >= 4 is 5.91 Å². The summed E-state index contributed by atoms with van der Waals surface area (Å²) in [5.74, 6) is 0.0894. The fraction of sp³-hybridized carbons (Fsp3) is 0.889. The predicted molar refractivity (Wildman–Crippen MR) is 48.0 cm³/mol. The number of nitrogens with one attached hydrogen (secondary N) is 1. The number of carbonyl (C=O) groups excluding carboxylic acids is 1. The second-order valence-corrected chi connectivity index (χ2v) is 3.74. The lowest BCUT2D eigenvalue weighted by Gasteiger charge is -2.32. The molecule has 4 nitrogen and oxygen atoms in total. The van der Waals surface area contributed by atoms with Crippen molar-refractivity contribution < 1.29 is 15.0 Å². The summed E-state index contributed by atoms with van der Waals surface area (Å²) in [6, 6.07) is -0.125. The molecule has 76 valence electrons. The molecule has 0 aromatic carbocycles. The Morgan fingerprint density at radius 2 is 2.23 bits per heavy atom. The molecule has 0 radical (unpaired) electrons. The van der Waals surface area contributed by atoms with E-state index in [0.29, 0.717) is 6.42 Å². The van der Waals surface area contributed by atoms with Crippen LogP contribution < -0.4 is 5.32 Å². The van der Waals surface area contributed by atoms with Crippen LogP contribution in [0.4, 0.5) is 0 Å². The van der Waals surface area contributed by atoms with Crippen molar-refractivity contribution in [1.82, 2.24) is 5.32 Å². The molecule has 4 heteroatoms. The molecule has 0 bridgehead atoms. The van der Waals surface area contributed by atoms with Crippen molar-refractivity contribution in [2.45, 2.75) is 38.3 Å². The topological polar surface area (TPSA) is 69.6 Å². The first-order valence-corrected chi connectivity index (χ1v) is 4.69. The second kappa shape index (κ2) is 4.58. The van der Waals surface area contributed by atoms with E-state index < -0.39 is 6.10 Å². The SMILES string of the molecule is CC(=O)NC1CCC(CO)CC1O. The van der Waals surface area contributed by atoms with Crippen LogP contribution in [0.2, 0.25) is 0 Å². The summed E-state index contributed by atoms with van der Waals surface area (Å²) in [5.41, 5.74) is 0. The van der Waals surface area contributed by atoms with E-state index in [4.69, 9.17) is 5.11 Å². The normalized spacial score (nSPS) is 34.2. The minimum Gasteiger partial charge on any atom is -0.396 e. The lowest BCUT2D eigenvalue weighted by molar-refractivity contribution is -0.121. The standard InChI is InChI=1S/C9H17NO3/c1-6(12)10-8-3-2-7(5-11)4-9(8)13/h7-9,11,13H,2-5H2,1H3,(H,10,12). The third-order valence-electron chi connectivity index (χ3n) is 2.57. The number of carbonyl (C=O) groups is 1. The van der Waals surface area contributed by atoms with E-state index in [-0.39, 0.29) is 24.5 Å².